The van der Waals surface area contributed by atoms with Gasteiger partial charge in [0.2, 0.25) is 0 Å². The van der Waals surface area contributed by atoms with E-state index in [-0.39, 0.29) is 24.6 Å². The largest absolute Gasteiger partial charge is 0.390 e. The number of hydrogen-bond acceptors (Lipinski definition) is 5. The van der Waals surface area contributed by atoms with Crippen LogP contribution in [0.3, 0.4) is 0 Å². The molecular formula is C24H30O5. The monoisotopic (exact) mass is 398 g/mol. The van der Waals surface area contributed by atoms with Crippen LogP contribution in [0.2, 0.25) is 0 Å². The summed E-state index contributed by atoms with van der Waals surface area (Å²) in [6.07, 6.45) is 1.84. The zero-order valence-corrected chi connectivity index (χ0v) is 16.7. The van der Waals surface area contributed by atoms with Crippen molar-refractivity contribution >= 4 is 0 Å². The highest BCUT2D eigenvalue weighted by atomic mass is 16.7. The lowest BCUT2D eigenvalue weighted by Gasteiger charge is -2.36. The standard InChI is InChI=1S/C24H30O5/c25-20-13-14-22-23(17-27-24(29-22)19-10-5-2-6-11-19)28-21(20)12-7-15-26-16-18-8-3-1-4-9-18/h1-6,8-11,20-25H,7,12-17H2/t20-,21+,22+,23-,24-/m0/s1. The Hall–Kier alpha value is -1.76. The smallest absolute Gasteiger partial charge is 0.184 e. The van der Waals surface area contributed by atoms with Crippen molar-refractivity contribution in [3.8, 4) is 0 Å². The molecule has 2 aromatic carbocycles. The Morgan fingerprint density at radius 1 is 0.897 bits per heavy atom. The average Bonchev–Trinajstić information content (AvgIpc) is 2.93. The molecule has 2 aliphatic heterocycles. The van der Waals surface area contributed by atoms with Gasteiger partial charge in [-0.05, 0) is 31.2 Å². The highest BCUT2D eigenvalue weighted by Crippen LogP contribution is 2.33. The topological polar surface area (TPSA) is 57.2 Å². The number of ether oxygens (including phenoxy) is 4. The van der Waals surface area contributed by atoms with E-state index >= 15 is 0 Å². The molecule has 156 valence electrons. The van der Waals surface area contributed by atoms with Crippen molar-refractivity contribution in [2.24, 2.45) is 0 Å². The van der Waals surface area contributed by atoms with Crippen LogP contribution in [-0.2, 0) is 25.6 Å². The Morgan fingerprint density at radius 2 is 1.66 bits per heavy atom. The van der Waals surface area contributed by atoms with Crippen LogP contribution in [-0.4, -0.2) is 42.7 Å². The summed E-state index contributed by atoms with van der Waals surface area (Å²) in [7, 11) is 0. The van der Waals surface area contributed by atoms with Gasteiger partial charge in [0.25, 0.3) is 0 Å². The van der Waals surface area contributed by atoms with Crippen molar-refractivity contribution in [3.05, 3.63) is 71.8 Å². The highest BCUT2D eigenvalue weighted by Gasteiger charge is 2.39. The Balaban J connectivity index is 1.23. The molecule has 0 spiro atoms. The molecule has 4 rings (SSSR count). The van der Waals surface area contributed by atoms with E-state index in [9.17, 15) is 5.11 Å². The van der Waals surface area contributed by atoms with Gasteiger partial charge in [-0.2, -0.15) is 0 Å². The number of hydrogen-bond donors (Lipinski definition) is 1. The molecule has 2 fully saturated rings. The van der Waals surface area contributed by atoms with Gasteiger partial charge in [-0.25, -0.2) is 0 Å². The first kappa shape index (κ1) is 20.5. The molecule has 0 unspecified atom stereocenters. The molecular weight excluding hydrogens is 368 g/mol. The summed E-state index contributed by atoms with van der Waals surface area (Å²) in [5, 5.41) is 10.6. The fourth-order valence-electron chi connectivity index (χ4n) is 3.99. The zero-order valence-electron chi connectivity index (χ0n) is 16.7. The van der Waals surface area contributed by atoms with E-state index in [0.717, 1.165) is 24.8 Å². The predicted octanol–water partition coefficient (Wildman–Crippen LogP) is 4.01. The van der Waals surface area contributed by atoms with Gasteiger partial charge >= 0.3 is 0 Å². The number of aliphatic hydroxyl groups excluding tert-OH is 1. The van der Waals surface area contributed by atoms with Crippen LogP contribution in [0.5, 0.6) is 0 Å². The molecule has 0 bridgehead atoms. The van der Waals surface area contributed by atoms with Crippen molar-refractivity contribution in [1.29, 1.82) is 0 Å². The normalized spacial score (nSPS) is 29.8. The van der Waals surface area contributed by atoms with Crippen LogP contribution < -0.4 is 0 Å². The van der Waals surface area contributed by atoms with Crippen molar-refractivity contribution in [1.82, 2.24) is 0 Å². The van der Waals surface area contributed by atoms with Gasteiger partial charge in [-0.15, -0.1) is 0 Å². The second-order valence-corrected chi connectivity index (χ2v) is 7.79. The van der Waals surface area contributed by atoms with Crippen molar-refractivity contribution in [2.45, 2.75) is 63.0 Å². The Kier molecular flexibility index (Phi) is 7.30. The minimum atomic E-state index is -0.478. The van der Waals surface area contributed by atoms with Gasteiger partial charge in [0.1, 0.15) is 6.10 Å². The second kappa shape index (κ2) is 10.3. The summed E-state index contributed by atoms with van der Waals surface area (Å²) in [4.78, 5) is 0. The molecule has 0 aliphatic carbocycles. The van der Waals surface area contributed by atoms with Crippen LogP contribution in [0.25, 0.3) is 0 Å². The third-order valence-corrected chi connectivity index (χ3v) is 5.61. The number of rotatable bonds is 7. The van der Waals surface area contributed by atoms with Gasteiger partial charge in [-0.1, -0.05) is 60.7 Å². The molecule has 0 aromatic heterocycles. The van der Waals surface area contributed by atoms with Crippen LogP contribution in [0.1, 0.15) is 43.1 Å². The van der Waals surface area contributed by atoms with E-state index in [2.05, 4.69) is 12.1 Å². The first-order chi connectivity index (χ1) is 14.3. The molecule has 5 atom stereocenters. The molecule has 0 radical (unpaired) electrons. The van der Waals surface area contributed by atoms with Crippen LogP contribution >= 0.6 is 0 Å². The third-order valence-electron chi connectivity index (χ3n) is 5.61. The van der Waals surface area contributed by atoms with Gasteiger partial charge in [0.15, 0.2) is 6.29 Å². The molecule has 29 heavy (non-hydrogen) atoms. The van der Waals surface area contributed by atoms with Gasteiger partial charge in [0, 0.05) is 12.2 Å². The second-order valence-electron chi connectivity index (χ2n) is 7.79. The van der Waals surface area contributed by atoms with Gasteiger partial charge in [-0.3, -0.25) is 0 Å². The fraction of sp³-hybridized carbons (Fsp3) is 0.500. The zero-order chi connectivity index (χ0) is 19.9. The van der Waals surface area contributed by atoms with E-state index in [1.165, 1.54) is 5.56 Å². The summed E-state index contributed by atoms with van der Waals surface area (Å²) < 4.78 is 24.1. The lowest BCUT2D eigenvalue weighted by atomic mass is 10.0. The quantitative estimate of drug-likeness (QED) is 0.715. The SMILES string of the molecule is O[C@H]1CC[C@H]2O[C@@H](c3ccccc3)OC[C@@H]2O[C@@H]1CCCOCc1ccccc1. The molecule has 0 amide bonds. The Morgan fingerprint density at radius 3 is 2.45 bits per heavy atom. The molecule has 0 saturated carbocycles. The summed E-state index contributed by atoms with van der Waals surface area (Å²) in [6.45, 7) is 1.75. The predicted molar refractivity (Wildman–Crippen MR) is 109 cm³/mol. The molecule has 2 aromatic rings. The summed E-state index contributed by atoms with van der Waals surface area (Å²) >= 11 is 0. The van der Waals surface area contributed by atoms with E-state index in [4.69, 9.17) is 18.9 Å². The van der Waals surface area contributed by atoms with Crippen LogP contribution in [0.15, 0.2) is 60.7 Å². The average molecular weight is 398 g/mol. The highest BCUT2D eigenvalue weighted by molar-refractivity contribution is 5.16. The Bertz CT molecular complexity index is 723. The molecule has 5 heteroatoms. The van der Waals surface area contributed by atoms with E-state index in [0.29, 0.717) is 26.2 Å². The van der Waals surface area contributed by atoms with Gasteiger partial charge in [0.05, 0.1) is 31.5 Å². The number of fused-ring (bicyclic) bond motifs is 1. The Labute approximate surface area is 172 Å². The fourth-order valence-corrected chi connectivity index (χ4v) is 3.99. The van der Waals surface area contributed by atoms with E-state index in [1.54, 1.807) is 0 Å². The van der Waals surface area contributed by atoms with E-state index < -0.39 is 6.10 Å². The third kappa shape index (κ3) is 5.65. The lowest BCUT2D eigenvalue weighted by Crippen LogP contribution is -2.43. The van der Waals surface area contributed by atoms with Gasteiger partial charge < -0.3 is 24.1 Å². The summed E-state index contributed by atoms with van der Waals surface area (Å²) in [6, 6.07) is 20.1. The molecule has 5 nitrogen and oxygen atoms in total. The molecule has 1 N–H and O–H groups in total. The minimum Gasteiger partial charge on any atom is -0.390 e. The number of aliphatic hydroxyl groups is 1. The maximum Gasteiger partial charge on any atom is 0.184 e. The minimum absolute atomic E-state index is 0.0528. The van der Waals surface area contributed by atoms with Crippen molar-refractivity contribution < 1.29 is 24.1 Å². The first-order valence-electron chi connectivity index (χ1n) is 10.6. The van der Waals surface area contributed by atoms with Crippen molar-refractivity contribution in [2.75, 3.05) is 13.2 Å². The maximum atomic E-state index is 10.6. The van der Waals surface area contributed by atoms with E-state index in [1.807, 2.05) is 48.5 Å². The van der Waals surface area contributed by atoms with Crippen molar-refractivity contribution in [3.63, 3.8) is 0 Å². The van der Waals surface area contributed by atoms with Crippen LogP contribution in [0, 0.1) is 0 Å². The molecule has 2 heterocycles. The molecule has 2 aliphatic rings. The number of benzene rings is 2. The molecule has 2 saturated heterocycles. The maximum absolute atomic E-state index is 10.6. The summed E-state index contributed by atoms with van der Waals surface area (Å²) in [5.74, 6) is 0. The summed E-state index contributed by atoms with van der Waals surface area (Å²) in [5.41, 5.74) is 2.19. The van der Waals surface area contributed by atoms with Crippen LogP contribution in [0.4, 0.5) is 0 Å². The lowest BCUT2D eigenvalue weighted by molar-refractivity contribution is -0.270. The first-order valence-corrected chi connectivity index (χ1v) is 10.6.